The van der Waals surface area contributed by atoms with Crippen LogP contribution in [0.2, 0.25) is 0 Å². The largest absolute Gasteiger partial charge is 0.351 e. The van der Waals surface area contributed by atoms with E-state index in [-0.39, 0.29) is 5.54 Å². The van der Waals surface area contributed by atoms with Gasteiger partial charge in [-0.05, 0) is 32.6 Å². The zero-order chi connectivity index (χ0) is 10.8. The van der Waals surface area contributed by atoms with Gasteiger partial charge in [0.05, 0.1) is 0 Å². The Morgan fingerprint density at radius 2 is 1.71 bits per heavy atom. The first-order valence-electron chi connectivity index (χ1n) is 4.49. The molecule has 1 unspecified atom stereocenters. The fraction of sp³-hybridized carbons (Fsp3) is 0.400. The van der Waals surface area contributed by atoms with Crippen LogP contribution in [0.3, 0.4) is 0 Å². The molecule has 0 aliphatic carbocycles. The third-order valence-electron chi connectivity index (χ3n) is 1.59. The van der Waals surface area contributed by atoms with Gasteiger partial charge < -0.3 is 4.89 Å². The first-order valence-corrected chi connectivity index (χ1v) is 7.25. The van der Waals surface area contributed by atoms with E-state index in [0.29, 0.717) is 0 Å². The van der Waals surface area contributed by atoms with E-state index in [0.717, 1.165) is 5.30 Å². The number of hydrogen-bond acceptors (Lipinski definition) is 1. The Morgan fingerprint density at radius 1 is 1.21 bits per heavy atom. The van der Waals surface area contributed by atoms with Gasteiger partial charge >= 0.3 is 0 Å². The molecule has 0 aromatic heterocycles. The highest BCUT2D eigenvalue weighted by Crippen LogP contribution is 2.37. The Labute approximate surface area is 90.5 Å². The number of rotatable bonds is 2. The lowest BCUT2D eigenvalue weighted by Crippen LogP contribution is -2.35. The highest BCUT2D eigenvalue weighted by molar-refractivity contribution is 8.14. The second kappa shape index (κ2) is 4.11. The van der Waals surface area contributed by atoms with Gasteiger partial charge in [-0.3, -0.25) is 5.09 Å². The molecule has 0 aliphatic rings. The summed E-state index contributed by atoms with van der Waals surface area (Å²) in [6.45, 7) is 5.98. The molecule has 2 N–H and O–H groups in total. The molecule has 2 nitrogen and oxygen atoms in total. The van der Waals surface area contributed by atoms with Crippen LogP contribution in [-0.4, -0.2) is 10.4 Å². The fourth-order valence-corrected chi connectivity index (χ4v) is 3.95. The quantitative estimate of drug-likeness (QED) is 0.761. The van der Waals surface area contributed by atoms with E-state index in [9.17, 15) is 4.89 Å². The van der Waals surface area contributed by atoms with Gasteiger partial charge in [0, 0.05) is 10.8 Å². The number of benzene rings is 1. The molecular weight excluding hydrogens is 213 g/mol. The van der Waals surface area contributed by atoms with Gasteiger partial charge in [0.1, 0.15) is 0 Å². The maximum Gasteiger partial charge on any atom is 0.157 e. The molecule has 0 saturated heterocycles. The Bertz CT molecular complexity index is 345. The molecule has 0 fully saturated rings. The van der Waals surface area contributed by atoms with Crippen molar-refractivity contribution in [2.45, 2.75) is 26.3 Å². The highest BCUT2D eigenvalue weighted by Gasteiger charge is 2.22. The standard InChI is InChI=1S/C10H16NOPS/c1-10(2,3)11-13(12,14)9-7-5-4-6-8-9/h4-8H,1-3H3,(H2,11,12,14). The zero-order valence-corrected chi connectivity index (χ0v) is 10.4. The van der Waals surface area contributed by atoms with Crippen LogP contribution in [0, 0.1) is 0 Å². The maximum absolute atomic E-state index is 10.1. The van der Waals surface area contributed by atoms with E-state index < -0.39 is 6.42 Å². The van der Waals surface area contributed by atoms with Gasteiger partial charge in [0.15, 0.2) is 6.42 Å². The monoisotopic (exact) mass is 229 g/mol. The van der Waals surface area contributed by atoms with Crippen LogP contribution >= 0.6 is 6.42 Å². The average molecular weight is 229 g/mol. The predicted molar refractivity (Wildman–Crippen MR) is 65.5 cm³/mol. The van der Waals surface area contributed by atoms with E-state index in [1.807, 2.05) is 51.1 Å². The van der Waals surface area contributed by atoms with Crippen molar-refractivity contribution in [3.8, 4) is 0 Å². The number of hydrogen-bond donors (Lipinski definition) is 2. The SMILES string of the molecule is CC(C)(C)NP(O)(=S)c1ccccc1. The predicted octanol–water partition coefficient (Wildman–Crippen LogP) is 2.00. The summed E-state index contributed by atoms with van der Waals surface area (Å²) < 4.78 is 0. The maximum atomic E-state index is 10.1. The van der Waals surface area contributed by atoms with Crippen LogP contribution in [0.4, 0.5) is 0 Å². The molecule has 0 amide bonds. The lowest BCUT2D eigenvalue weighted by Gasteiger charge is -2.27. The van der Waals surface area contributed by atoms with Gasteiger partial charge in [0.2, 0.25) is 0 Å². The molecule has 14 heavy (non-hydrogen) atoms. The van der Waals surface area contributed by atoms with Crippen molar-refractivity contribution in [1.29, 1.82) is 0 Å². The first kappa shape index (κ1) is 11.9. The highest BCUT2D eigenvalue weighted by atomic mass is 32.4. The molecule has 1 rings (SSSR count). The third-order valence-corrected chi connectivity index (χ3v) is 4.47. The molecule has 1 aromatic carbocycles. The molecule has 0 radical (unpaired) electrons. The van der Waals surface area contributed by atoms with Crippen LogP contribution in [0.5, 0.6) is 0 Å². The molecular formula is C10H16NOPS. The third kappa shape index (κ3) is 3.50. The van der Waals surface area contributed by atoms with E-state index in [1.165, 1.54) is 0 Å². The summed E-state index contributed by atoms with van der Waals surface area (Å²) in [6, 6.07) is 9.41. The summed E-state index contributed by atoms with van der Waals surface area (Å²) in [4.78, 5) is 10.1. The molecule has 0 bridgehead atoms. The van der Waals surface area contributed by atoms with Crippen molar-refractivity contribution >= 4 is 23.5 Å². The Balaban J connectivity index is 2.93. The van der Waals surface area contributed by atoms with E-state index in [4.69, 9.17) is 11.8 Å². The van der Waals surface area contributed by atoms with E-state index in [2.05, 4.69) is 5.09 Å². The van der Waals surface area contributed by atoms with Crippen molar-refractivity contribution in [3.05, 3.63) is 30.3 Å². The molecule has 78 valence electrons. The van der Waals surface area contributed by atoms with Crippen LogP contribution in [0.1, 0.15) is 20.8 Å². The van der Waals surface area contributed by atoms with Crippen molar-refractivity contribution in [1.82, 2.24) is 5.09 Å². The second-order valence-corrected chi connectivity index (χ2v) is 7.75. The number of nitrogens with one attached hydrogen (secondary N) is 1. The van der Waals surface area contributed by atoms with Gasteiger partial charge in [0.25, 0.3) is 0 Å². The zero-order valence-electron chi connectivity index (χ0n) is 8.69. The average Bonchev–Trinajstić information content (AvgIpc) is 2.01. The molecule has 0 heterocycles. The van der Waals surface area contributed by atoms with Gasteiger partial charge in [-0.1, -0.05) is 30.3 Å². The minimum absolute atomic E-state index is 0.167. The van der Waals surface area contributed by atoms with Crippen molar-refractivity contribution in [2.24, 2.45) is 0 Å². The summed E-state index contributed by atoms with van der Waals surface area (Å²) in [5.41, 5.74) is -0.167. The molecule has 0 aliphatic heterocycles. The fourth-order valence-electron chi connectivity index (χ4n) is 1.15. The van der Waals surface area contributed by atoms with Crippen molar-refractivity contribution in [3.63, 3.8) is 0 Å². The van der Waals surface area contributed by atoms with Gasteiger partial charge in [-0.2, -0.15) is 0 Å². The summed E-state index contributed by atoms with van der Waals surface area (Å²) >= 11 is 5.21. The summed E-state index contributed by atoms with van der Waals surface area (Å²) in [5.74, 6) is 0. The minimum Gasteiger partial charge on any atom is -0.351 e. The lowest BCUT2D eigenvalue weighted by atomic mass is 10.1. The van der Waals surface area contributed by atoms with E-state index >= 15 is 0 Å². The van der Waals surface area contributed by atoms with Crippen molar-refractivity contribution in [2.75, 3.05) is 0 Å². The van der Waals surface area contributed by atoms with Gasteiger partial charge in [-0.25, -0.2) is 0 Å². The smallest absolute Gasteiger partial charge is 0.157 e. The van der Waals surface area contributed by atoms with Crippen LogP contribution in [0.25, 0.3) is 0 Å². The molecule has 0 spiro atoms. The second-order valence-electron chi connectivity index (χ2n) is 4.27. The summed E-state index contributed by atoms with van der Waals surface area (Å²) in [7, 11) is 0. The summed E-state index contributed by atoms with van der Waals surface area (Å²) in [5, 5.41) is 3.90. The topological polar surface area (TPSA) is 32.3 Å². The molecule has 1 atom stereocenters. The van der Waals surface area contributed by atoms with Gasteiger partial charge in [-0.15, -0.1) is 0 Å². The normalized spacial score (nSPS) is 16.3. The van der Waals surface area contributed by atoms with Crippen LogP contribution in [-0.2, 0) is 11.8 Å². The van der Waals surface area contributed by atoms with Crippen molar-refractivity contribution < 1.29 is 4.89 Å². The van der Waals surface area contributed by atoms with Crippen LogP contribution < -0.4 is 10.4 Å². The molecule has 4 heteroatoms. The Hall–Kier alpha value is -0.210. The molecule has 0 saturated carbocycles. The van der Waals surface area contributed by atoms with Crippen LogP contribution in [0.15, 0.2) is 30.3 Å². The first-order chi connectivity index (χ1) is 6.31. The molecule has 1 aromatic rings. The van der Waals surface area contributed by atoms with E-state index in [1.54, 1.807) is 0 Å². The lowest BCUT2D eigenvalue weighted by molar-refractivity contribution is 0.496. The summed E-state index contributed by atoms with van der Waals surface area (Å²) in [6.07, 6.45) is -2.58. The minimum atomic E-state index is -2.58. The Kier molecular flexibility index (Phi) is 3.49. The Morgan fingerprint density at radius 3 is 2.14 bits per heavy atom.